The highest BCUT2D eigenvalue weighted by atomic mass is 32.2. The molecular weight excluding hydrogens is 386 g/mol. The van der Waals surface area contributed by atoms with Crippen LogP contribution in [0, 0.1) is 12.8 Å². The number of rotatable bonds is 5. The summed E-state index contributed by atoms with van der Waals surface area (Å²) in [6.45, 7) is 5.93. The molecule has 0 bridgehead atoms. The summed E-state index contributed by atoms with van der Waals surface area (Å²) in [7, 11) is -3.94. The van der Waals surface area contributed by atoms with Gasteiger partial charge in [0.2, 0.25) is 5.71 Å². The summed E-state index contributed by atoms with van der Waals surface area (Å²) in [6, 6.07) is 2.51. The van der Waals surface area contributed by atoms with Crippen LogP contribution in [0.2, 0.25) is 0 Å². The van der Waals surface area contributed by atoms with Crippen molar-refractivity contribution in [1.82, 2.24) is 14.5 Å². The van der Waals surface area contributed by atoms with Crippen LogP contribution in [0.15, 0.2) is 38.9 Å². The average molecular weight is 405 g/mol. The summed E-state index contributed by atoms with van der Waals surface area (Å²) in [5.74, 6) is -0.137. The van der Waals surface area contributed by atoms with Gasteiger partial charge in [0.15, 0.2) is 5.03 Å². The van der Waals surface area contributed by atoms with E-state index < -0.39 is 15.9 Å². The molecule has 0 radical (unpaired) electrons. The van der Waals surface area contributed by atoms with Crippen LogP contribution < -0.4 is 16.0 Å². The first-order valence-electron chi connectivity index (χ1n) is 8.36. The third kappa shape index (κ3) is 3.80. The van der Waals surface area contributed by atoms with Crippen molar-refractivity contribution < 1.29 is 17.6 Å². The zero-order valence-corrected chi connectivity index (χ0v) is 16.3. The number of hydrogen-bond donors (Lipinski definition) is 2. The standard InChI is InChI=1S/C17H19N5O5S/c1-9(2)7-22-8-20-16-14(17(22)24)13(10(3)27-16)15(23)21-11-4-5-12(19-6-11)28(18,25)26/h4-6,8-9H,7H2,1-3H3,(H,21,23)(H2,18,25,26). The van der Waals surface area contributed by atoms with Crippen molar-refractivity contribution in [1.29, 1.82) is 0 Å². The molecule has 0 spiro atoms. The molecule has 0 saturated carbocycles. The summed E-state index contributed by atoms with van der Waals surface area (Å²) < 4.78 is 29.4. The number of pyridine rings is 1. The predicted molar refractivity (Wildman–Crippen MR) is 101 cm³/mol. The van der Waals surface area contributed by atoms with Gasteiger partial charge in [0.25, 0.3) is 21.5 Å². The number of nitrogens with two attached hydrogens (primary N) is 1. The topological polar surface area (TPSA) is 150 Å². The number of carbonyl (C=O) groups excluding carboxylic acids is 1. The second-order valence-corrected chi connectivity index (χ2v) is 8.20. The number of aryl methyl sites for hydroxylation is 1. The van der Waals surface area contributed by atoms with Gasteiger partial charge in [0.1, 0.15) is 17.5 Å². The molecule has 3 rings (SSSR count). The minimum atomic E-state index is -3.94. The van der Waals surface area contributed by atoms with Gasteiger partial charge in [-0.15, -0.1) is 0 Å². The molecule has 1 amide bonds. The first-order valence-corrected chi connectivity index (χ1v) is 9.91. The Bertz CT molecular complexity index is 1210. The van der Waals surface area contributed by atoms with E-state index >= 15 is 0 Å². The fraction of sp³-hybridized carbons (Fsp3) is 0.294. The molecule has 3 aromatic heterocycles. The minimum Gasteiger partial charge on any atom is -0.442 e. The Kier molecular flexibility index (Phi) is 5.04. The van der Waals surface area contributed by atoms with Crippen molar-refractivity contribution in [3.63, 3.8) is 0 Å². The van der Waals surface area contributed by atoms with E-state index in [0.29, 0.717) is 6.54 Å². The van der Waals surface area contributed by atoms with E-state index in [0.717, 1.165) is 6.20 Å². The molecule has 28 heavy (non-hydrogen) atoms. The average Bonchev–Trinajstić information content (AvgIpc) is 2.93. The van der Waals surface area contributed by atoms with Crippen molar-refractivity contribution in [3.05, 3.63) is 46.3 Å². The summed E-state index contributed by atoms with van der Waals surface area (Å²) in [5.41, 5.74) is 0.0115. The molecule has 3 aromatic rings. The van der Waals surface area contributed by atoms with Gasteiger partial charge >= 0.3 is 0 Å². The molecule has 0 atom stereocenters. The van der Waals surface area contributed by atoms with Crippen LogP contribution in [0.1, 0.15) is 30.0 Å². The van der Waals surface area contributed by atoms with E-state index in [9.17, 15) is 18.0 Å². The van der Waals surface area contributed by atoms with Gasteiger partial charge in [-0.1, -0.05) is 13.8 Å². The SMILES string of the molecule is Cc1oc2ncn(CC(C)C)c(=O)c2c1C(=O)Nc1ccc(S(N)(=O)=O)nc1. The Labute approximate surface area is 160 Å². The molecule has 0 aliphatic rings. The van der Waals surface area contributed by atoms with E-state index in [1.54, 1.807) is 6.92 Å². The molecule has 3 heterocycles. The van der Waals surface area contributed by atoms with Crippen LogP contribution >= 0.6 is 0 Å². The number of hydrogen-bond acceptors (Lipinski definition) is 7. The quantitative estimate of drug-likeness (QED) is 0.648. The highest BCUT2D eigenvalue weighted by Crippen LogP contribution is 2.22. The van der Waals surface area contributed by atoms with E-state index in [1.165, 1.54) is 23.0 Å². The van der Waals surface area contributed by atoms with Crippen LogP contribution in [0.25, 0.3) is 11.1 Å². The number of nitrogens with zero attached hydrogens (tertiary/aromatic N) is 3. The molecule has 11 heteroatoms. The Morgan fingerprint density at radius 2 is 2.04 bits per heavy atom. The zero-order valence-electron chi connectivity index (χ0n) is 15.5. The van der Waals surface area contributed by atoms with Gasteiger partial charge in [-0.3, -0.25) is 14.2 Å². The van der Waals surface area contributed by atoms with Gasteiger partial charge in [0.05, 0.1) is 17.4 Å². The highest BCUT2D eigenvalue weighted by molar-refractivity contribution is 7.89. The largest absolute Gasteiger partial charge is 0.442 e. The fourth-order valence-corrected chi connectivity index (χ4v) is 3.21. The van der Waals surface area contributed by atoms with E-state index in [-0.39, 0.29) is 44.6 Å². The number of aromatic nitrogens is 3. The van der Waals surface area contributed by atoms with Crippen LogP contribution in [-0.2, 0) is 16.6 Å². The Morgan fingerprint density at radius 3 is 2.61 bits per heavy atom. The lowest BCUT2D eigenvalue weighted by molar-refractivity contribution is 0.102. The molecule has 0 aliphatic carbocycles. The second-order valence-electron chi connectivity index (χ2n) is 6.69. The lowest BCUT2D eigenvalue weighted by Crippen LogP contribution is -2.24. The van der Waals surface area contributed by atoms with Gasteiger partial charge in [0, 0.05) is 6.54 Å². The van der Waals surface area contributed by atoms with Crippen molar-refractivity contribution in [2.75, 3.05) is 5.32 Å². The molecule has 0 aliphatic heterocycles. The van der Waals surface area contributed by atoms with Gasteiger partial charge < -0.3 is 9.73 Å². The molecule has 0 aromatic carbocycles. The lowest BCUT2D eigenvalue weighted by Gasteiger charge is -2.08. The van der Waals surface area contributed by atoms with Crippen LogP contribution in [0.5, 0.6) is 0 Å². The Hall–Kier alpha value is -3.05. The van der Waals surface area contributed by atoms with E-state index in [4.69, 9.17) is 9.56 Å². The Balaban J connectivity index is 1.99. The van der Waals surface area contributed by atoms with Crippen molar-refractivity contribution >= 4 is 32.7 Å². The lowest BCUT2D eigenvalue weighted by atomic mass is 10.1. The molecule has 0 unspecified atom stereocenters. The zero-order chi connectivity index (χ0) is 20.6. The maximum Gasteiger partial charge on any atom is 0.265 e. The van der Waals surface area contributed by atoms with Gasteiger partial charge in [-0.2, -0.15) is 0 Å². The van der Waals surface area contributed by atoms with Crippen molar-refractivity contribution in [2.45, 2.75) is 32.3 Å². The maximum atomic E-state index is 12.8. The number of sulfonamides is 1. The Morgan fingerprint density at radius 1 is 1.32 bits per heavy atom. The smallest absolute Gasteiger partial charge is 0.265 e. The summed E-state index contributed by atoms with van der Waals surface area (Å²) in [6.07, 6.45) is 2.55. The fourth-order valence-electron chi connectivity index (χ4n) is 2.75. The maximum absolute atomic E-state index is 12.8. The number of carbonyl (C=O) groups is 1. The summed E-state index contributed by atoms with van der Waals surface area (Å²) >= 11 is 0. The first kappa shape index (κ1) is 19.7. The summed E-state index contributed by atoms with van der Waals surface area (Å²) in [5, 5.41) is 7.34. The number of furan rings is 1. The molecule has 10 nitrogen and oxygen atoms in total. The van der Waals surface area contributed by atoms with E-state index in [2.05, 4.69) is 15.3 Å². The third-order valence-corrected chi connectivity index (χ3v) is 4.75. The molecular formula is C17H19N5O5S. The monoisotopic (exact) mass is 405 g/mol. The summed E-state index contributed by atoms with van der Waals surface area (Å²) in [4.78, 5) is 33.4. The van der Waals surface area contributed by atoms with E-state index in [1.807, 2.05) is 13.8 Å². The molecule has 3 N–H and O–H groups in total. The highest BCUT2D eigenvalue weighted by Gasteiger charge is 2.23. The predicted octanol–water partition coefficient (Wildman–Crippen LogP) is 1.25. The third-order valence-electron chi connectivity index (χ3n) is 3.93. The molecule has 148 valence electrons. The number of amides is 1. The molecule has 0 fully saturated rings. The van der Waals surface area contributed by atoms with Crippen LogP contribution in [0.3, 0.4) is 0 Å². The number of anilines is 1. The van der Waals surface area contributed by atoms with Crippen LogP contribution in [-0.4, -0.2) is 28.9 Å². The molecule has 0 saturated heterocycles. The van der Waals surface area contributed by atoms with Gasteiger partial charge in [-0.05, 0) is 25.0 Å². The minimum absolute atomic E-state index is 0.0705. The van der Waals surface area contributed by atoms with Crippen LogP contribution in [0.4, 0.5) is 5.69 Å². The number of fused-ring (bicyclic) bond motifs is 1. The van der Waals surface area contributed by atoms with Gasteiger partial charge in [-0.25, -0.2) is 23.5 Å². The normalized spacial score (nSPS) is 11.9. The number of nitrogens with one attached hydrogen (secondary N) is 1. The van der Waals surface area contributed by atoms with Crippen molar-refractivity contribution in [3.8, 4) is 0 Å². The second kappa shape index (κ2) is 7.17. The number of primary sulfonamides is 1. The first-order chi connectivity index (χ1) is 13.1. The van der Waals surface area contributed by atoms with Crippen molar-refractivity contribution in [2.24, 2.45) is 11.1 Å².